The van der Waals surface area contributed by atoms with Crippen LogP contribution in [0.4, 0.5) is 0 Å². The number of hydrogen-bond acceptors (Lipinski definition) is 3. The average Bonchev–Trinajstić information content (AvgIpc) is 2.37. The summed E-state index contributed by atoms with van der Waals surface area (Å²) in [5.74, 6) is 0.826. The van der Waals surface area contributed by atoms with Crippen LogP contribution in [-0.2, 0) is 4.79 Å². The van der Waals surface area contributed by atoms with Gasteiger partial charge in [0.05, 0.1) is 18.6 Å². The maximum absolute atomic E-state index is 10.9. The average molecular weight is 266 g/mol. The predicted molar refractivity (Wildman–Crippen MR) is 73.8 cm³/mol. The molecular weight excluding hydrogens is 244 g/mol. The zero-order valence-electron chi connectivity index (χ0n) is 11.8. The van der Waals surface area contributed by atoms with E-state index in [-0.39, 0.29) is 0 Å². The van der Waals surface area contributed by atoms with Crippen molar-refractivity contribution in [2.75, 3.05) is 13.2 Å². The van der Waals surface area contributed by atoms with Gasteiger partial charge in [-0.2, -0.15) is 0 Å². The van der Waals surface area contributed by atoms with Crippen LogP contribution < -0.4 is 9.47 Å². The molecule has 0 unspecified atom stereocenters. The van der Waals surface area contributed by atoms with E-state index in [4.69, 9.17) is 14.6 Å². The molecule has 0 saturated heterocycles. The summed E-state index contributed by atoms with van der Waals surface area (Å²) in [6.07, 6.45) is 1.31. The van der Waals surface area contributed by atoms with Gasteiger partial charge in [-0.05, 0) is 57.9 Å². The van der Waals surface area contributed by atoms with E-state index in [9.17, 15) is 4.79 Å². The lowest BCUT2D eigenvalue weighted by Gasteiger charge is -2.18. The van der Waals surface area contributed by atoms with Gasteiger partial charge in [-0.25, -0.2) is 0 Å². The second-order valence-corrected chi connectivity index (χ2v) is 5.05. The van der Waals surface area contributed by atoms with E-state index in [1.54, 1.807) is 13.8 Å². The van der Waals surface area contributed by atoms with Crippen LogP contribution in [0.5, 0.6) is 11.5 Å². The fourth-order valence-electron chi connectivity index (χ4n) is 1.61. The van der Waals surface area contributed by atoms with Crippen molar-refractivity contribution >= 4 is 5.97 Å². The zero-order chi connectivity index (χ0) is 14.3. The van der Waals surface area contributed by atoms with Crippen molar-refractivity contribution in [3.63, 3.8) is 0 Å². The minimum Gasteiger partial charge on any atom is -0.494 e. The second kappa shape index (κ2) is 7.02. The summed E-state index contributed by atoms with van der Waals surface area (Å²) in [5, 5.41) is 8.98. The summed E-state index contributed by atoms with van der Waals surface area (Å²) in [7, 11) is 0. The molecule has 0 aliphatic rings. The quantitative estimate of drug-likeness (QED) is 0.733. The maximum Gasteiger partial charge on any atom is 0.309 e. The molecule has 4 heteroatoms. The van der Waals surface area contributed by atoms with Crippen molar-refractivity contribution in [2.45, 2.75) is 33.6 Å². The first-order valence-corrected chi connectivity index (χ1v) is 6.55. The van der Waals surface area contributed by atoms with Crippen LogP contribution in [0.15, 0.2) is 24.3 Å². The number of benzene rings is 1. The van der Waals surface area contributed by atoms with Crippen LogP contribution in [0.2, 0.25) is 0 Å². The summed E-state index contributed by atoms with van der Waals surface area (Å²) >= 11 is 0. The molecule has 1 aromatic rings. The summed E-state index contributed by atoms with van der Waals surface area (Å²) < 4.78 is 10.9. The minimum atomic E-state index is -0.770. The van der Waals surface area contributed by atoms with Crippen LogP contribution in [0.1, 0.15) is 33.6 Å². The molecule has 0 aliphatic heterocycles. The van der Waals surface area contributed by atoms with E-state index >= 15 is 0 Å². The molecule has 0 spiro atoms. The van der Waals surface area contributed by atoms with Crippen LogP contribution >= 0.6 is 0 Å². The lowest BCUT2D eigenvalue weighted by molar-refractivity contribution is -0.147. The second-order valence-electron chi connectivity index (χ2n) is 5.05. The van der Waals surface area contributed by atoms with Gasteiger partial charge in [-0.15, -0.1) is 0 Å². The molecule has 0 saturated carbocycles. The molecule has 0 aromatic heterocycles. The molecule has 0 heterocycles. The van der Waals surface area contributed by atoms with E-state index < -0.39 is 11.4 Å². The lowest BCUT2D eigenvalue weighted by atomic mass is 9.88. The molecule has 4 nitrogen and oxygen atoms in total. The number of aliphatic carboxylic acids is 1. The van der Waals surface area contributed by atoms with E-state index in [1.165, 1.54) is 0 Å². The van der Waals surface area contributed by atoms with E-state index in [1.807, 2.05) is 31.2 Å². The Labute approximate surface area is 114 Å². The highest BCUT2D eigenvalue weighted by Crippen LogP contribution is 2.23. The normalized spacial score (nSPS) is 11.1. The monoisotopic (exact) mass is 266 g/mol. The highest BCUT2D eigenvalue weighted by molar-refractivity contribution is 5.73. The number of carboxylic acids is 1. The Balaban J connectivity index is 2.31. The maximum atomic E-state index is 10.9. The highest BCUT2D eigenvalue weighted by Gasteiger charge is 2.26. The largest absolute Gasteiger partial charge is 0.494 e. The van der Waals surface area contributed by atoms with Gasteiger partial charge < -0.3 is 14.6 Å². The molecular formula is C15H22O4. The summed E-state index contributed by atoms with van der Waals surface area (Å²) in [6.45, 7) is 6.56. The Hall–Kier alpha value is -1.71. The van der Waals surface area contributed by atoms with Crippen molar-refractivity contribution in [3.05, 3.63) is 24.3 Å². The molecule has 0 atom stereocenters. The van der Waals surface area contributed by atoms with Gasteiger partial charge in [0.25, 0.3) is 0 Å². The topological polar surface area (TPSA) is 55.8 Å². The summed E-state index contributed by atoms with van der Waals surface area (Å²) in [6, 6.07) is 7.43. The third-order valence-corrected chi connectivity index (χ3v) is 2.93. The molecule has 0 bridgehead atoms. The van der Waals surface area contributed by atoms with Crippen molar-refractivity contribution in [2.24, 2.45) is 5.41 Å². The molecule has 0 aliphatic carbocycles. The number of ether oxygens (including phenoxy) is 2. The number of carboxylic acid groups (broad SMARTS) is 1. The zero-order valence-corrected chi connectivity index (χ0v) is 11.8. The molecule has 1 rings (SSSR count). The Morgan fingerprint density at radius 3 is 2.16 bits per heavy atom. The minimum absolute atomic E-state index is 0.519. The van der Waals surface area contributed by atoms with Gasteiger partial charge in [0.1, 0.15) is 11.5 Å². The Morgan fingerprint density at radius 2 is 1.68 bits per heavy atom. The van der Waals surface area contributed by atoms with Gasteiger partial charge in [-0.1, -0.05) is 0 Å². The first kappa shape index (κ1) is 15.3. The summed E-state index contributed by atoms with van der Waals surface area (Å²) in [4.78, 5) is 10.9. The number of rotatable bonds is 8. The molecule has 1 aromatic carbocycles. The lowest BCUT2D eigenvalue weighted by Crippen LogP contribution is -2.24. The standard InChI is InChI=1S/C15H22O4/c1-4-18-12-6-8-13(9-7-12)19-11-5-10-15(2,3)14(16)17/h6-9H,4-5,10-11H2,1-3H3,(H,16,17). The third kappa shape index (κ3) is 5.20. The van der Waals surface area contributed by atoms with Crippen molar-refractivity contribution < 1.29 is 19.4 Å². The molecule has 0 fully saturated rings. The SMILES string of the molecule is CCOc1ccc(OCCCC(C)(C)C(=O)O)cc1. The Morgan fingerprint density at radius 1 is 1.16 bits per heavy atom. The van der Waals surface area contributed by atoms with E-state index in [0.29, 0.717) is 26.1 Å². The van der Waals surface area contributed by atoms with Gasteiger partial charge in [0, 0.05) is 0 Å². The highest BCUT2D eigenvalue weighted by atomic mass is 16.5. The number of hydrogen-bond donors (Lipinski definition) is 1. The van der Waals surface area contributed by atoms with Gasteiger partial charge in [0.15, 0.2) is 0 Å². The fraction of sp³-hybridized carbons (Fsp3) is 0.533. The Kier molecular flexibility index (Phi) is 5.67. The van der Waals surface area contributed by atoms with Crippen molar-refractivity contribution in [1.82, 2.24) is 0 Å². The number of carbonyl (C=O) groups is 1. The molecule has 0 radical (unpaired) electrons. The fourth-order valence-corrected chi connectivity index (χ4v) is 1.61. The van der Waals surface area contributed by atoms with Crippen molar-refractivity contribution in [3.8, 4) is 11.5 Å². The van der Waals surface area contributed by atoms with Gasteiger partial charge in [-0.3, -0.25) is 4.79 Å². The predicted octanol–water partition coefficient (Wildman–Crippen LogP) is 3.36. The van der Waals surface area contributed by atoms with Gasteiger partial charge in [0.2, 0.25) is 0 Å². The third-order valence-electron chi connectivity index (χ3n) is 2.93. The van der Waals surface area contributed by atoms with E-state index in [0.717, 1.165) is 11.5 Å². The Bertz CT molecular complexity index is 395. The summed E-state index contributed by atoms with van der Waals surface area (Å²) in [5.41, 5.74) is -0.692. The van der Waals surface area contributed by atoms with Crippen molar-refractivity contribution in [1.29, 1.82) is 0 Å². The van der Waals surface area contributed by atoms with Gasteiger partial charge >= 0.3 is 5.97 Å². The van der Waals surface area contributed by atoms with Crippen LogP contribution in [-0.4, -0.2) is 24.3 Å². The van der Waals surface area contributed by atoms with E-state index in [2.05, 4.69) is 0 Å². The smallest absolute Gasteiger partial charge is 0.309 e. The molecule has 106 valence electrons. The van der Waals surface area contributed by atoms with Crippen LogP contribution in [0.25, 0.3) is 0 Å². The molecule has 19 heavy (non-hydrogen) atoms. The van der Waals surface area contributed by atoms with Crippen LogP contribution in [0, 0.1) is 5.41 Å². The molecule has 0 amide bonds. The molecule has 1 N–H and O–H groups in total. The van der Waals surface area contributed by atoms with Crippen LogP contribution in [0.3, 0.4) is 0 Å². The first-order valence-electron chi connectivity index (χ1n) is 6.55. The first-order chi connectivity index (χ1) is 8.95.